The number of rotatable bonds is 1. The summed E-state index contributed by atoms with van der Waals surface area (Å²) in [7, 11) is 0. The van der Waals surface area contributed by atoms with Crippen LogP contribution in [0, 0.1) is 11.3 Å². The van der Waals surface area contributed by atoms with Crippen molar-refractivity contribution in [3.05, 3.63) is 34.3 Å². The zero-order valence-corrected chi connectivity index (χ0v) is 7.57. The molecule has 2 rings (SSSR count). The number of hydrogen-bond donors (Lipinski definition) is 1. The number of nitrogens with zero attached hydrogens (tertiary/aromatic N) is 1. The van der Waals surface area contributed by atoms with E-state index in [1.165, 1.54) is 0 Å². The first-order chi connectivity index (χ1) is 6.70. The maximum atomic E-state index is 10.9. The van der Waals surface area contributed by atoms with E-state index in [4.69, 9.17) is 9.68 Å². The van der Waals surface area contributed by atoms with Crippen LogP contribution in [0.3, 0.4) is 0 Å². The number of oxazole rings is 1. The second-order valence-corrected chi connectivity index (χ2v) is 3.12. The van der Waals surface area contributed by atoms with Gasteiger partial charge in [-0.25, -0.2) is 4.79 Å². The third-order valence-electron chi connectivity index (χ3n) is 2.14. The lowest BCUT2D eigenvalue weighted by Crippen LogP contribution is -1.93. The molecule has 1 N–H and O–H groups in total. The van der Waals surface area contributed by atoms with Gasteiger partial charge in [-0.05, 0) is 24.6 Å². The topological polar surface area (TPSA) is 69.8 Å². The van der Waals surface area contributed by atoms with Crippen molar-refractivity contribution in [3.8, 4) is 6.07 Å². The molecule has 1 unspecified atom stereocenters. The minimum absolute atomic E-state index is 0.183. The highest BCUT2D eigenvalue weighted by atomic mass is 16.4. The largest absolute Gasteiger partial charge is 0.417 e. The van der Waals surface area contributed by atoms with Crippen LogP contribution >= 0.6 is 0 Å². The molecular weight excluding hydrogens is 180 g/mol. The van der Waals surface area contributed by atoms with Crippen molar-refractivity contribution in [2.45, 2.75) is 12.8 Å². The monoisotopic (exact) mass is 188 g/mol. The van der Waals surface area contributed by atoms with Gasteiger partial charge < -0.3 is 4.42 Å². The highest BCUT2D eigenvalue weighted by Gasteiger charge is 2.06. The Morgan fingerprint density at radius 2 is 2.36 bits per heavy atom. The first-order valence-corrected chi connectivity index (χ1v) is 4.23. The van der Waals surface area contributed by atoms with Crippen molar-refractivity contribution in [1.82, 2.24) is 4.98 Å². The van der Waals surface area contributed by atoms with E-state index in [1.54, 1.807) is 25.1 Å². The van der Waals surface area contributed by atoms with E-state index in [9.17, 15) is 4.79 Å². The minimum Gasteiger partial charge on any atom is -0.408 e. The molecule has 1 aromatic carbocycles. The first kappa shape index (κ1) is 8.57. The highest BCUT2D eigenvalue weighted by Crippen LogP contribution is 2.18. The van der Waals surface area contributed by atoms with Crippen LogP contribution in [0.25, 0.3) is 11.1 Å². The van der Waals surface area contributed by atoms with E-state index in [0.29, 0.717) is 11.1 Å². The summed E-state index contributed by atoms with van der Waals surface area (Å²) in [6, 6.07) is 7.36. The second-order valence-electron chi connectivity index (χ2n) is 3.12. The molecule has 14 heavy (non-hydrogen) atoms. The lowest BCUT2D eigenvalue weighted by atomic mass is 10.0. The summed E-state index contributed by atoms with van der Waals surface area (Å²) in [4.78, 5) is 13.4. The molecule has 0 aliphatic heterocycles. The van der Waals surface area contributed by atoms with Gasteiger partial charge in [-0.2, -0.15) is 5.26 Å². The molecule has 1 aromatic heterocycles. The van der Waals surface area contributed by atoms with Crippen molar-refractivity contribution in [2.24, 2.45) is 0 Å². The molecule has 1 heterocycles. The Kier molecular flexibility index (Phi) is 1.86. The average Bonchev–Trinajstić information content (AvgIpc) is 2.55. The van der Waals surface area contributed by atoms with Gasteiger partial charge in [0, 0.05) is 0 Å². The number of nitrogens with one attached hydrogen (secondary N) is 1. The quantitative estimate of drug-likeness (QED) is 0.741. The van der Waals surface area contributed by atoms with Crippen molar-refractivity contribution >= 4 is 11.1 Å². The van der Waals surface area contributed by atoms with Crippen LogP contribution in [0.15, 0.2) is 27.4 Å². The Morgan fingerprint density at radius 1 is 1.57 bits per heavy atom. The summed E-state index contributed by atoms with van der Waals surface area (Å²) in [5, 5.41) is 8.72. The zero-order valence-electron chi connectivity index (χ0n) is 7.57. The lowest BCUT2D eigenvalue weighted by Gasteiger charge is -2.00. The van der Waals surface area contributed by atoms with Gasteiger partial charge >= 0.3 is 5.76 Å². The van der Waals surface area contributed by atoms with E-state index in [2.05, 4.69) is 11.1 Å². The highest BCUT2D eigenvalue weighted by molar-refractivity contribution is 5.73. The number of nitriles is 1. The third kappa shape index (κ3) is 1.29. The van der Waals surface area contributed by atoms with Crippen LogP contribution in [0.1, 0.15) is 18.4 Å². The fourth-order valence-corrected chi connectivity index (χ4v) is 1.31. The Balaban J connectivity index is 2.62. The molecule has 70 valence electrons. The first-order valence-electron chi connectivity index (χ1n) is 4.23. The molecular formula is C10H8N2O2. The molecule has 0 aliphatic rings. The Morgan fingerprint density at radius 3 is 3.07 bits per heavy atom. The van der Waals surface area contributed by atoms with Crippen molar-refractivity contribution < 1.29 is 4.42 Å². The summed E-state index contributed by atoms with van der Waals surface area (Å²) in [6.07, 6.45) is 0. The van der Waals surface area contributed by atoms with Gasteiger partial charge in [0.25, 0.3) is 0 Å². The maximum absolute atomic E-state index is 10.9. The van der Waals surface area contributed by atoms with E-state index >= 15 is 0 Å². The molecule has 0 saturated carbocycles. The fraction of sp³-hybridized carbons (Fsp3) is 0.200. The van der Waals surface area contributed by atoms with Gasteiger partial charge in [0.2, 0.25) is 0 Å². The fourth-order valence-electron chi connectivity index (χ4n) is 1.31. The number of H-pyrrole nitrogens is 1. The molecule has 0 saturated heterocycles. The molecule has 0 radical (unpaired) electrons. The molecule has 0 aliphatic carbocycles. The average molecular weight is 188 g/mol. The standard InChI is InChI=1S/C10H8N2O2/c1-6(5-11)7-2-3-9-8(4-7)12-10(13)14-9/h2-4,6H,1H3,(H,12,13). The Labute approximate surface area is 79.8 Å². The SMILES string of the molecule is CC(C#N)c1ccc2oc(=O)[nH]c2c1. The molecule has 2 aromatic rings. The summed E-state index contributed by atoms with van der Waals surface area (Å²) in [5.41, 5.74) is 2.02. The van der Waals surface area contributed by atoms with Gasteiger partial charge in [0.15, 0.2) is 5.58 Å². The van der Waals surface area contributed by atoms with Crippen molar-refractivity contribution in [3.63, 3.8) is 0 Å². The normalized spacial score (nSPS) is 12.6. The summed E-state index contributed by atoms with van der Waals surface area (Å²) >= 11 is 0. The number of benzene rings is 1. The smallest absolute Gasteiger partial charge is 0.408 e. The van der Waals surface area contributed by atoms with E-state index in [-0.39, 0.29) is 5.92 Å². The van der Waals surface area contributed by atoms with E-state index in [1.807, 2.05) is 0 Å². The van der Waals surface area contributed by atoms with Crippen LogP contribution in [0.2, 0.25) is 0 Å². The Bertz CT molecular complexity index is 559. The molecule has 0 amide bonds. The number of aromatic amines is 1. The van der Waals surface area contributed by atoms with Crippen molar-refractivity contribution in [2.75, 3.05) is 0 Å². The zero-order chi connectivity index (χ0) is 10.1. The van der Waals surface area contributed by atoms with Crippen LogP contribution < -0.4 is 5.76 Å². The summed E-state index contributed by atoms with van der Waals surface area (Å²) in [5.74, 6) is -0.653. The molecule has 0 spiro atoms. The lowest BCUT2D eigenvalue weighted by molar-refractivity contribution is 0.555. The van der Waals surface area contributed by atoms with E-state index < -0.39 is 5.76 Å². The minimum atomic E-state index is -0.471. The van der Waals surface area contributed by atoms with Crippen LogP contribution in [0.4, 0.5) is 0 Å². The molecule has 0 fully saturated rings. The molecule has 0 bridgehead atoms. The molecule has 4 heteroatoms. The summed E-state index contributed by atoms with van der Waals surface area (Å²) < 4.78 is 4.84. The number of fused-ring (bicyclic) bond motifs is 1. The predicted molar refractivity (Wildman–Crippen MR) is 50.9 cm³/mol. The third-order valence-corrected chi connectivity index (χ3v) is 2.14. The van der Waals surface area contributed by atoms with Crippen molar-refractivity contribution in [1.29, 1.82) is 5.26 Å². The van der Waals surface area contributed by atoms with Gasteiger partial charge in [0.05, 0.1) is 17.5 Å². The predicted octanol–water partition coefficient (Wildman–Crippen LogP) is 1.75. The van der Waals surface area contributed by atoms with Crippen LogP contribution in [-0.2, 0) is 0 Å². The van der Waals surface area contributed by atoms with Gasteiger partial charge in [-0.3, -0.25) is 4.98 Å². The van der Waals surface area contributed by atoms with Gasteiger partial charge in [-0.15, -0.1) is 0 Å². The van der Waals surface area contributed by atoms with Crippen LogP contribution in [-0.4, -0.2) is 4.98 Å². The van der Waals surface area contributed by atoms with Gasteiger partial charge in [0.1, 0.15) is 0 Å². The van der Waals surface area contributed by atoms with E-state index in [0.717, 1.165) is 5.56 Å². The molecule has 4 nitrogen and oxygen atoms in total. The second kappa shape index (κ2) is 3.04. The Hall–Kier alpha value is -2.02. The van der Waals surface area contributed by atoms with Gasteiger partial charge in [-0.1, -0.05) is 6.07 Å². The molecule has 1 atom stereocenters. The number of hydrogen-bond acceptors (Lipinski definition) is 3. The summed E-state index contributed by atoms with van der Waals surface area (Å²) in [6.45, 7) is 1.80. The maximum Gasteiger partial charge on any atom is 0.417 e. The number of aromatic nitrogens is 1. The van der Waals surface area contributed by atoms with Crippen LogP contribution in [0.5, 0.6) is 0 Å².